The summed E-state index contributed by atoms with van der Waals surface area (Å²) in [5, 5.41) is 3.91. The van der Waals surface area contributed by atoms with E-state index in [2.05, 4.69) is 24.1 Å². The predicted octanol–water partition coefficient (Wildman–Crippen LogP) is 2.67. The zero-order chi connectivity index (χ0) is 11.8. The average molecular weight is 243 g/mol. The lowest BCUT2D eigenvalue weighted by molar-refractivity contribution is 0.353. The summed E-state index contributed by atoms with van der Waals surface area (Å²) in [6.07, 6.45) is 0. The summed E-state index contributed by atoms with van der Waals surface area (Å²) < 4.78 is 13.0. The molecule has 2 rings (SSSR count). The van der Waals surface area contributed by atoms with Gasteiger partial charge in [0.25, 0.3) is 0 Å². The summed E-state index contributed by atoms with van der Waals surface area (Å²) in [6.45, 7) is 6.99. The van der Waals surface area contributed by atoms with Gasteiger partial charge in [0.1, 0.15) is 5.82 Å². The lowest BCUT2D eigenvalue weighted by Crippen LogP contribution is -2.57. The summed E-state index contributed by atoms with van der Waals surface area (Å²) in [6, 6.07) is 4.57. The maximum Gasteiger partial charge on any atom is 0.124 e. The van der Waals surface area contributed by atoms with Crippen molar-refractivity contribution >= 4 is 17.3 Å². The van der Waals surface area contributed by atoms with Gasteiger partial charge in [0.15, 0.2) is 0 Å². The molecule has 1 heterocycles. The first-order valence-corrected chi connectivity index (χ1v) is 5.81. The van der Waals surface area contributed by atoms with Crippen LogP contribution in [0.25, 0.3) is 0 Å². The van der Waals surface area contributed by atoms with Crippen LogP contribution in [0.15, 0.2) is 18.2 Å². The molecule has 0 spiro atoms. The zero-order valence-electron chi connectivity index (χ0n) is 9.56. The molecule has 1 aliphatic heterocycles. The van der Waals surface area contributed by atoms with Gasteiger partial charge < -0.3 is 10.2 Å². The van der Waals surface area contributed by atoms with Crippen LogP contribution in [0.5, 0.6) is 0 Å². The molecule has 88 valence electrons. The normalized spacial score (nSPS) is 19.9. The minimum Gasteiger partial charge on any atom is -0.367 e. The molecule has 1 aliphatic rings. The highest BCUT2D eigenvalue weighted by Gasteiger charge is 2.26. The molecule has 0 aromatic heterocycles. The molecule has 2 nitrogen and oxygen atoms in total. The third-order valence-electron chi connectivity index (χ3n) is 2.82. The Hall–Kier alpha value is -0.800. The summed E-state index contributed by atoms with van der Waals surface area (Å²) >= 11 is 6.05. The molecule has 1 saturated heterocycles. The number of benzene rings is 1. The van der Waals surface area contributed by atoms with E-state index in [9.17, 15) is 4.39 Å². The van der Waals surface area contributed by atoms with Crippen molar-refractivity contribution in [1.29, 1.82) is 0 Å². The topological polar surface area (TPSA) is 15.3 Å². The molecule has 0 aliphatic carbocycles. The second kappa shape index (κ2) is 4.22. The van der Waals surface area contributed by atoms with Gasteiger partial charge in [0.05, 0.1) is 10.7 Å². The van der Waals surface area contributed by atoms with Crippen molar-refractivity contribution in [2.45, 2.75) is 19.4 Å². The third kappa shape index (κ3) is 2.47. The SMILES string of the molecule is CC1(C)CN(c2ccc(F)cc2Cl)CCN1. The number of rotatable bonds is 1. The molecule has 0 radical (unpaired) electrons. The van der Waals surface area contributed by atoms with Crippen molar-refractivity contribution in [3.05, 3.63) is 29.0 Å². The minimum atomic E-state index is -0.289. The Bertz CT molecular complexity index is 393. The maximum absolute atomic E-state index is 13.0. The van der Waals surface area contributed by atoms with Crippen molar-refractivity contribution in [2.24, 2.45) is 0 Å². The smallest absolute Gasteiger partial charge is 0.124 e. The Kier molecular flexibility index (Phi) is 3.08. The molecular formula is C12H16ClFN2. The van der Waals surface area contributed by atoms with Crippen LogP contribution >= 0.6 is 11.6 Å². The predicted molar refractivity (Wildman–Crippen MR) is 65.7 cm³/mol. The van der Waals surface area contributed by atoms with E-state index in [1.165, 1.54) is 12.1 Å². The van der Waals surface area contributed by atoms with E-state index >= 15 is 0 Å². The van der Waals surface area contributed by atoms with Crippen LogP contribution in [0.3, 0.4) is 0 Å². The van der Waals surface area contributed by atoms with Crippen LogP contribution < -0.4 is 10.2 Å². The Labute approximate surface area is 100 Å². The first-order valence-electron chi connectivity index (χ1n) is 5.43. The lowest BCUT2D eigenvalue weighted by Gasteiger charge is -2.40. The summed E-state index contributed by atoms with van der Waals surface area (Å²) in [4.78, 5) is 2.19. The third-order valence-corrected chi connectivity index (χ3v) is 3.12. The first-order chi connectivity index (χ1) is 7.48. The largest absolute Gasteiger partial charge is 0.367 e. The van der Waals surface area contributed by atoms with Crippen LogP contribution in [0.1, 0.15) is 13.8 Å². The summed E-state index contributed by atoms with van der Waals surface area (Å²) in [7, 11) is 0. The summed E-state index contributed by atoms with van der Waals surface area (Å²) in [5.41, 5.74) is 0.980. The monoisotopic (exact) mass is 242 g/mol. The fraction of sp³-hybridized carbons (Fsp3) is 0.500. The van der Waals surface area contributed by atoms with E-state index in [4.69, 9.17) is 11.6 Å². The number of nitrogens with one attached hydrogen (secondary N) is 1. The number of piperazine rings is 1. The van der Waals surface area contributed by atoms with Crippen molar-refractivity contribution in [3.8, 4) is 0 Å². The van der Waals surface area contributed by atoms with Gasteiger partial charge >= 0.3 is 0 Å². The molecule has 4 heteroatoms. The molecule has 1 fully saturated rings. The second-order valence-electron chi connectivity index (χ2n) is 4.83. The number of hydrogen-bond acceptors (Lipinski definition) is 2. The highest BCUT2D eigenvalue weighted by molar-refractivity contribution is 6.33. The highest BCUT2D eigenvalue weighted by Crippen LogP contribution is 2.28. The van der Waals surface area contributed by atoms with E-state index < -0.39 is 0 Å². The van der Waals surface area contributed by atoms with Crippen molar-refractivity contribution < 1.29 is 4.39 Å². The van der Waals surface area contributed by atoms with Crippen molar-refractivity contribution in [2.75, 3.05) is 24.5 Å². The van der Waals surface area contributed by atoms with Gasteiger partial charge in [-0.1, -0.05) is 11.6 Å². The van der Waals surface area contributed by atoms with Gasteiger partial charge in [0, 0.05) is 25.2 Å². The van der Waals surface area contributed by atoms with Gasteiger partial charge in [-0.25, -0.2) is 4.39 Å². The fourth-order valence-corrected chi connectivity index (χ4v) is 2.37. The molecule has 16 heavy (non-hydrogen) atoms. The van der Waals surface area contributed by atoms with E-state index in [1.54, 1.807) is 6.07 Å². The molecule has 0 atom stereocenters. The number of nitrogens with zero attached hydrogens (tertiary/aromatic N) is 1. The molecule has 0 amide bonds. The number of anilines is 1. The molecule has 1 N–H and O–H groups in total. The second-order valence-corrected chi connectivity index (χ2v) is 5.24. The van der Waals surface area contributed by atoms with E-state index in [0.29, 0.717) is 5.02 Å². The first kappa shape index (κ1) is 11.7. The van der Waals surface area contributed by atoms with E-state index in [-0.39, 0.29) is 11.4 Å². The Balaban J connectivity index is 2.23. The van der Waals surface area contributed by atoms with Crippen LogP contribution in [0.2, 0.25) is 5.02 Å². The van der Waals surface area contributed by atoms with Gasteiger partial charge in [0.2, 0.25) is 0 Å². The maximum atomic E-state index is 13.0. The molecule has 0 unspecified atom stereocenters. The molecule has 0 saturated carbocycles. The minimum absolute atomic E-state index is 0.0654. The van der Waals surface area contributed by atoms with Gasteiger partial charge in [-0.05, 0) is 32.0 Å². The Morgan fingerprint density at radius 3 is 2.81 bits per heavy atom. The van der Waals surface area contributed by atoms with Crippen LogP contribution in [0, 0.1) is 5.82 Å². The van der Waals surface area contributed by atoms with Crippen molar-refractivity contribution in [1.82, 2.24) is 5.32 Å². The lowest BCUT2D eigenvalue weighted by atomic mass is 10.0. The Morgan fingerprint density at radius 2 is 2.19 bits per heavy atom. The summed E-state index contributed by atoms with van der Waals surface area (Å²) in [5.74, 6) is -0.289. The van der Waals surface area contributed by atoms with Gasteiger partial charge in [-0.3, -0.25) is 0 Å². The number of hydrogen-bond donors (Lipinski definition) is 1. The standard InChI is InChI=1S/C12H16ClFN2/c1-12(2)8-16(6-5-15-12)11-4-3-9(14)7-10(11)13/h3-4,7,15H,5-6,8H2,1-2H3. The zero-order valence-corrected chi connectivity index (χ0v) is 10.3. The molecule has 1 aromatic rings. The fourth-order valence-electron chi connectivity index (χ4n) is 2.08. The van der Waals surface area contributed by atoms with E-state index in [0.717, 1.165) is 25.3 Å². The van der Waals surface area contributed by atoms with Crippen molar-refractivity contribution in [3.63, 3.8) is 0 Å². The average Bonchev–Trinajstić information content (AvgIpc) is 2.15. The molecule has 1 aromatic carbocycles. The Morgan fingerprint density at radius 1 is 1.44 bits per heavy atom. The molecule has 0 bridgehead atoms. The highest BCUT2D eigenvalue weighted by atomic mass is 35.5. The van der Waals surface area contributed by atoms with E-state index in [1.807, 2.05) is 0 Å². The number of halogens is 2. The van der Waals surface area contributed by atoms with Crippen LogP contribution in [-0.2, 0) is 0 Å². The van der Waals surface area contributed by atoms with Crippen LogP contribution in [-0.4, -0.2) is 25.2 Å². The molecular weight excluding hydrogens is 227 g/mol. The van der Waals surface area contributed by atoms with Gasteiger partial charge in [-0.15, -0.1) is 0 Å². The van der Waals surface area contributed by atoms with Crippen LogP contribution in [0.4, 0.5) is 10.1 Å². The van der Waals surface area contributed by atoms with Gasteiger partial charge in [-0.2, -0.15) is 0 Å². The quantitative estimate of drug-likeness (QED) is 0.815.